The Morgan fingerprint density at radius 1 is 1.11 bits per heavy atom. The van der Waals surface area contributed by atoms with Gasteiger partial charge in [0.1, 0.15) is 18.2 Å². The molecule has 0 atom stereocenters. The number of ether oxygens (including phenoxy) is 2. The van der Waals surface area contributed by atoms with Gasteiger partial charge in [0.15, 0.2) is 0 Å². The van der Waals surface area contributed by atoms with Crippen LogP contribution in [0.25, 0.3) is 5.70 Å². The van der Waals surface area contributed by atoms with Crippen molar-refractivity contribution in [1.29, 1.82) is 0 Å². The number of aromatic nitrogens is 1. The molecule has 1 heterocycles. The van der Waals surface area contributed by atoms with E-state index in [2.05, 4.69) is 21.6 Å². The average Bonchev–Trinajstić information content (AvgIpc) is 2.72. The zero-order valence-electron chi connectivity index (χ0n) is 15.3. The SMILES string of the molecule is C=C(Nc1ccc(C(=O)OC)cn1)c1cc(Cl)cc(OCc2ccccc2)c1. The molecule has 5 nitrogen and oxygen atoms in total. The number of carbonyl (C=O) groups is 1. The molecule has 0 spiro atoms. The number of rotatable bonds is 7. The predicted molar refractivity (Wildman–Crippen MR) is 110 cm³/mol. The zero-order chi connectivity index (χ0) is 19.9. The lowest BCUT2D eigenvalue weighted by Gasteiger charge is -2.13. The summed E-state index contributed by atoms with van der Waals surface area (Å²) in [5.74, 6) is 0.751. The van der Waals surface area contributed by atoms with Gasteiger partial charge in [-0.15, -0.1) is 0 Å². The van der Waals surface area contributed by atoms with E-state index in [1.165, 1.54) is 13.3 Å². The molecule has 0 saturated heterocycles. The van der Waals surface area contributed by atoms with Crippen molar-refractivity contribution in [2.45, 2.75) is 6.61 Å². The van der Waals surface area contributed by atoms with E-state index < -0.39 is 5.97 Å². The molecule has 0 amide bonds. The third-order valence-corrected chi connectivity index (χ3v) is 4.15. The second kappa shape index (κ2) is 9.06. The Morgan fingerprint density at radius 3 is 2.57 bits per heavy atom. The van der Waals surface area contributed by atoms with E-state index in [0.29, 0.717) is 34.5 Å². The molecule has 6 heteroatoms. The van der Waals surface area contributed by atoms with Gasteiger partial charge in [-0.1, -0.05) is 48.5 Å². The Bertz CT molecular complexity index is 973. The largest absolute Gasteiger partial charge is 0.489 e. The number of methoxy groups -OCH3 is 1. The first kappa shape index (κ1) is 19.5. The van der Waals surface area contributed by atoms with E-state index in [1.807, 2.05) is 36.4 Å². The zero-order valence-corrected chi connectivity index (χ0v) is 16.1. The van der Waals surface area contributed by atoms with Crippen molar-refractivity contribution in [2.24, 2.45) is 0 Å². The van der Waals surface area contributed by atoms with Crippen molar-refractivity contribution >= 4 is 29.1 Å². The van der Waals surface area contributed by atoms with Gasteiger partial charge < -0.3 is 14.8 Å². The van der Waals surface area contributed by atoms with Crippen LogP contribution in [0.15, 0.2) is 73.4 Å². The lowest BCUT2D eigenvalue weighted by molar-refractivity contribution is 0.0600. The summed E-state index contributed by atoms with van der Waals surface area (Å²) in [6, 6.07) is 18.6. The highest BCUT2D eigenvalue weighted by Gasteiger charge is 2.08. The molecule has 0 aliphatic carbocycles. The number of anilines is 1. The van der Waals surface area contributed by atoms with Gasteiger partial charge in [0.25, 0.3) is 0 Å². The number of esters is 1. The Balaban J connectivity index is 1.69. The van der Waals surface area contributed by atoms with E-state index in [9.17, 15) is 4.79 Å². The van der Waals surface area contributed by atoms with Crippen LogP contribution in [0.2, 0.25) is 5.02 Å². The lowest BCUT2D eigenvalue weighted by atomic mass is 10.1. The van der Waals surface area contributed by atoms with Crippen LogP contribution in [-0.4, -0.2) is 18.1 Å². The number of carbonyl (C=O) groups excluding carboxylic acids is 1. The summed E-state index contributed by atoms with van der Waals surface area (Å²) in [4.78, 5) is 15.7. The smallest absolute Gasteiger partial charge is 0.339 e. The number of hydrogen-bond acceptors (Lipinski definition) is 5. The minimum Gasteiger partial charge on any atom is -0.489 e. The van der Waals surface area contributed by atoms with E-state index in [1.54, 1.807) is 24.3 Å². The van der Waals surface area contributed by atoms with Crippen LogP contribution in [0.3, 0.4) is 0 Å². The van der Waals surface area contributed by atoms with Gasteiger partial charge >= 0.3 is 5.97 Å². The van der Waals surface area contributed by atoms with Gasteiger partial charge in [-0.05, 0) is 35.9 Å². The summed E-state index contributed by atoms with van der Waals surface area (Å²) >= 11 is 6.23. The molecule has 0 fully saturated rings. The molecule has 0 aliphatic rings. The minimum absolute atomic E-state index is 0.373. The van der Waals surface area contributed by atoms with E-state index in [-0.39, 0.29) is 0 Å². The Hall–Kier alpha value is -3.31. The van der Waals surface area contributed by atoms with Gasteiger partial charge in [-0.25, -0.2) is 9.78 Å². The van der Waals surface area contributed by atoms with Crippen molar-refractivity contribution in [3.05, 3.63) is 95.2 Å². The molecule has 0 aliphatic heterocycles. The summed E-state index contributed by atoms with van der Waals surface area (Å²) in [6.45, 7) is 4.48. The Morgan fingerprint density at radius 2 is 1.89 bits per heavy atom. The van der Waals surface area contributed by atoms with Crippen molar-refractivity contribution < 1.29 is 14.3 Å². The van der Waals surface area contributed by atoms with Gasteiger partial charge in [-0.2, -0.15) is 0 Å². The molecule has 3 rings (SSSR count). The molecule has 0 radical (unpaired) electrons. The first-order chi connectivity index (χ1) is 13.5. The second-order valence-electron chi connectivity index (χ2n) is 5.98. The van der Waals surface area contributed by atoms with E-state index >= 15 is 0 Å². The normalized spacial score (nSPS) is 10.2. The van der Waals surface area contributed by atoms with E-state index in [4.69, 9.17) is 16.3 Å². The first-order valence-electron chi connectivity index (χ1n) is 8.53. The minimum atomic E-state index is -0.437. The number of nitrogens with one attached hydrogen (secondary N) is 1. The summed E-state index contributed by atoms with van der Waals surface area (Å²) in [7, 11) is 1.33. The topological polar surface area (TPSA) is 60.5 Å². The van der Waals surface area contributed by atoms with E-state index in [0.717, 1.165) is 11.1 Å². The predicted octanol–water partition coefficient (Wildman–Crippen LogP) is 5.18. The molecule has 3 aromatic rings. The number of halogens is 1. The Kier molecular flexibility index (Phi) is 6.29. The van der Waals surface area contributed by atoms with Crippen LogP contribution in [0.4, 0.5) is 5.82 Å². The van der Waals surface area contributed by atoms with Crippen molar-refractivity contribution in [3.8, 4) is 5.75 Å². The molecule has 0 bridgehead atoms. The third-order valence-electron chi connectivity index (χ3n) is 3.93. The molecular formula is C22H19ClN2O3. The third kappa shape index (κ3) is 5.11. The molecular weight excluding hydrogens is 376 g/mol. The number of hydrogen-bond donors (Lipinski definition) is 1. The maximum atomic E-state index is 11.5. The summed E-state index contributed by atoms with van der Waals surface area (Å²) < 4.78 is 10.5. The van der Waals surface area contributed by atoms with Crippen LogP contribution >= 0.6 is 11.6 Å². The van der Waals surface area contributed by atoms with Crippen LogP contribution in [-0.2, 0) is 11.3 Å². The molecule has 1 aromatic heterocycles. The molecule has 142 valence electrons. The standard InChI is InChI=1S/C22H19ClN2O3/c1-15(25-21-9-8-17(13-24-21)22(26)27-2)18-10-19(23)12-20(11-18)28-14-16-6-4-3-5-7-16/h3-13H,1,14H2,2H3,(H,24,25). The molecule has 2 aromatic carbocycles. The number of benzene rings is 2. The van der Waals surface area contributed by atoms with Crippen LogP contribution in [0.5, 0.6) is 5.75 Å². The molecule has 0 saturated carbocycles. The fourth-order valence-electron chi connectivity index (χ4n) is 2.49. The van der Waals surface area contributed by atoms with Crippen molar-refractivity contribution in [3.63, 3.8) is 0 Å². The van der Waals surface area contributed by atoms with Crippen LogP contribution < -0.4 is 10.1 Å². The van der Waals surface area contributed by atoms with Crippen molar-refractivity contribution in [1.82, 2.24) is 4.98 Å². The average molecular weight is 395 g/mol. The highest BCUT2D eigenvalue weighted by Crippen LogP contribution is 2.26. The fraction of sp³-hybridized carbons (Fsp3) is 0.0909. The monoisotopic (exact) mass is 394 g/mol. The van der Waals surface area contributed by atoms with Gasteiger partial charge in [0.2, 0.25) is 0 Å². The van der Waals surface area contributed by atoms with Crippen molar-refractivity contribution in [2.75, 3.05) is 12.4 Å². The molecule has 28 heavy (non-hydrogen) atoms. The second-order valence-corrected chi connectivity index (χ2v) is 6.41. The van der Waals surface area contributed by atoms with Gasteiger partial charge in [0.05, 0.1) is 12.7 Å². The maximum absolute atomic E-state index is 11.5. The molecule has 1 N–H and O–H groups in total. The maximum Gasteiger partial charge on any atom is 0.339 e. The fourth-order valence-corrected chi connectivity index (χ4v) is 2.72. The van der Waals surface area contributed by atoms with Gasteiger partial charge in [-0.3, -0.25) is 0 Å². The highest BCUT2D eigenvalue weighted by atomic mass is 35.5. The summed E-state index contributed by atoms with van der Waals surface area (Å²) in [5.41, 5.74) is 2.81. The summed E-state index contributed by atoms with van der Waals surface area (Å²) in [5, 5.41) is 3.64. The van der Waals surface area contributed by atoms with Crippen LogP contribution in [0, 0.1) is 0 Å². The lowest BCUT2D eigenvalue weighted by Crippen LogP contribution is -2.04. The first-order valence-corrected chi connectivity index (χ1v) is 8.91. The highest BCUT2D eigenvalue weighted by molar-refractivity contribution is 6.30. The Labute approximate surface area is 168 Å². The quantitative estimate of drug-likeness (QED) is 0.559. The van der Waals surface area contributed by atoms with Crippen LogP contribution in [0.1, 0.15) is 21.5 Å². The summed E-state index contributed by atoms with van der Waals surface area (Å²) in [6.07, 6.45) is 1.44. The number of nitrogens with zero attached hydrogens (tertiary/aromatic N) is 1. The number of pyridine rings is 1. The molecule has 0 unspecified atom stereocenters. The van der Waals surface area contributed by atoms with Gasteiger partial charge in [0, 0.05) is 22.5 Å².